The molecular formula is C9H19BrClN. The molecule has 0 aliphatic rings. The van der Waals surface area contributed by atoms with Gasteiger partial charge >= 0.3 is 0 Å². The fourth-order valence-corrected chi connectivity index (χ4v) is 0.897. The lowest BCUT2D eigenvalue weighted by molar-refractivity contribution is -0.900. The van der Waals surface area contributed by atoms with E-state index in [-0.39, 0.29) is 17.0 Å². The Morgan fingerprint density at radius 2 is 1.75 bits per heavy atom. The van der Waals surface area contributed by atoms with Gasteiger partial charge in [-0.15, -0.1) is 0 Å². The first-order valence-electron chi connectivity index (χ1n) is 4.20. The largest absolute Gasteiger partial charge is 1.00 e. The minimum Gasteiger partial charge on any atom is -1.00 e. The van der Waals surface area contributed by atoms with Crippen LogP contribution in [0.3, 0.4) is 0 Å². The van der Waals surface area contributed by atoms with E-state index in [9.17, 15) is 0 Å². The van der Waals surface area contributed by atoms with E-state index in [1.165, 1.54) is 0 Å². The van der Waals surface area contributed by atoms with Gasteiger partial charge in [0.05, 0.1) is 26.7 Å². The molecule has 0 atom stereocenters. The molecule has 0 spiro atoms. The Kier molecular flexibility index (Phi) is 8.64. The average molecular weight is 257 g/mol. The van der Waals surface area contributed by atoms with E-state index < -0.39 is 0 Å². The molecule has 0 amide bonds. The van der Waals surface area contributed by atoms with Gasteiger partial charge in [0.25, 0.3) is 0 Å². The van der Waals surface area contributed by atoms with E-state index in [4.69, 9.17) is 11.6 Å². The van der Waals surface area contributed by atoms with Gasteiger partial charge in [-0.25, -0.2) is 0 Å². The number of halogens is 2. The lowest BCUT2D eigenvalue weighted by atomic mass is 10.3. The summed E-state index contributed by atoms with van der Waals surface area (Å²) in [5, 5.41) is 0.899. The van der Waals surface area contributed by atoms with Crippen molar-refractivity contribution in [1.82, 2.24) is 0 Å². The summed E-state index contributed by atoms with van der Waals surface area (Å²) in [6.07, 6.45) is 2.09. The maximum atomic E-state index is 5.75. The van der Waals surface area contributed by atoms with Gasteiger partial charge in [-0.3, -0.25) is 0 Å². The normalized spacial score (nSPS) is 12.6. The van der Waals surface area contributed by atoms with Crippen molar-refractivity contribution >= 4 is 11.6 Å². The molecule has 0 saturated heterocycles. The molecule has 0 unspecified atom stereocenters. The summed E-state index contributed by atoms with van der Waals surface area (Å²) in [5.74, 6) is 0. The Balaban J connectivity index is 0. The molecule has 3 heteroatoms. The molecule has 12 heavy (non-hydrogen) atoms. The third-order valence-corrected chi connectivity index (χ3v) is 2.49. The van der Waals surface area contributed by atoms with Gasteiger partial charge in [0.1, 0.15) is 0 Å². The van der Waals surface area contributed by atoms with Crippen LogP contribution in [0.25, 0.3) is 0 Å². The number of hydrogen-bond acceptors (Lipinski definition) is 0. The minimum atomic E-state index is 0. The van der Waals surface area contributed by atoms with Crippen LogP contribution in [0.1, 0.15) is 20.8 Å². The highest BCUT2D eigenvalue weighted by Crippen LogP contribution is 2.05. The lowest BCUT2D eigenvalue weighted by Crippen LogP contribution is -3.00. The second-order valence-electron chi connectivity index (χ2n) is 3.23. The quantitative estimate of drug-likeness (QED) is 0.602. The molecule has 0 radical (unpaired) electrons. The monoisotopic (exact) mass is 255 g/mol. The van der Waals surface area contributed by atoms with E-state index >= 15 is 0 Å². The number of nitrogens with zero attached hydrogens (tertiary/aromatic N) is 1. The highest BCUT2D eigenvalue weighted by atomic mass is 79.9. The first-order valence-corrected chi connectivity index (χ1v) is 4.57. The fraction of sp³-hybridized carbons (Fsp3) is 0.778. The summed E-state index contributed by atoms with van der Waals surface area (Å²) in [4.78, 5) is 0. The van der Waals surface area contributed by atoms with Crippen molar-refractivity contribution in [1.29, 1.82) is 0 Å². The van der Waals surface area contributed by atoms with Crippen molar-refractivity contribution in [2.24, 2.45) is 0 Å². The number of rotatable bonds is 4. The molecule has 0 saturated carbocycles. The Morgan fingerprint density at radius 1 is 1.33 bits per heavy atom. The second-order valence-corrected chi connectivity index (χ2v) is 3.82. The molecule has 0 aliphatic heterocycles. The molecule has 0 rings (SSSR count). The van der Waals surface area contributed by atoms with Crippen molar-refractivity contribution in [3.8, 4) is 0 Å². The second kappa shape index (κ2) is 6.93. The van der Waals surface area contributed by atoms with Crippen LogP contribution < -0.4 is 17.0 Å². The topological polar surface area (TPSA) is 0 Å². The molecule has 0 aromatic rings. The third-order valence-electron chi connectivity index (χ3n) is 2.34. The predicted molar refractivity (Wildman–Crippen MR) is 51.7 cm³/mol. The molecule has 0 aromatic carbocycles. The number of quaternary nitrogens is 1. The molecule has 74 valence electrons. The molecule has 0 N–H and O–H groups in total. The van der Waals surface area contributed by atoms with Crippen LogP contribution in [0.15, 0.2) is 11.1 Å². The van der Waals surface area contributed by atoms with Crippen molar-refractivity contribution in [3.63, 3.8) is 0 Å². The molecular weight excluding hydrogens is 237 g/mol. The van der Waals surface area contributed by atoms with E-state index in [1.54, 1.807) is 0 Å². The number of allylic oxidation sites excluding steroid dienone is 1. The maximum absolute atomic E-state index is 5.75. The summed E-state index contributed by atoms with van der Waals surface area (Å²) in [6.45, 7) is 9.72. The summed E-state index contributed by atoms with van der Waals surface area (Å²) >= 11 is 5.75. The number of likely N-dealkylation sites (N-methyl/N-ethyl adjacent to an activating group) is 1. The first kappa shape index (κ1) is 15.0. The Hall–Kier alpha value is 0.470. The molecule has 1 nitrogen and oxygen atoms in total. The van der Waals surface area contributed by atoms with E-state index in [0.29, 0.717) is 0 Å². The summed E-state index contributed by atoms with van der Waals surface area (Å²) in [7, 11) is 2.25. The SMILES string of the molecule is CC[N+](C)(CC)C/C=C(/C)Cl.[Br-]. The summed E-state index contributed by atoms with van der Waals surface area (Å²) in [6, 6.07) is 0. The van der Waals surface area contributed by atoms with Crippen molar-refractivity contribution in [2.75, 3.05) is 26.7 Å². The van der Waals surface area contributed by atoms with Crippen LogP contribution in [0.4, 0.5) is 0 Å². The Bertz CT molecular complexity index is 137. The van der Waals surface area contributed by atoms with Crippen LogP contribution in [0, 0.1) is 0 Å². The van der Waals surface area contributed by atoms with Gasteiger partial charge in [-0.05, 0) is 26.8 Å². The van der Waals surface area contributed by atoms with Crippen LogP contribution in [0.5, 0.6) is 0 Å². The first-order chi connectivity index (χ1) is 5.04. The van der Waals surface area contributed by atoms with Crippen LogP contribution >= 0.6 is 11.6 Å². The predicted octanol–water partition coefficient (Wildman–Crippen LogP) is -0.381. The van der Waals surface area contributed by atoms with Gasteiger partial charge < -0.3 is 21.5 Å². The summed E-state index contributed by atoms with van der Waals surface area (Å²) < 4.78 is 1.07. The van der Waals surface area contributed by atoms with Gasteiger partial charge in [-0.2, -0.15) is 0 Å². The molecule has 0 heterocycles. The third kappa shape index (κ3) is 6.04. The molecule has 0 aliphatic carbocycles. The Labute approximate surface area is 91.8 Å². The molecule has 0 bridgehead atoms. The lowest BCUT2D eigenvalue weighted by Gasteiger charge is -2.30. The average Bonchev–Trinajstić information content (AvgIpc) is 2.00. The molecule has 0 aromatic heterocycles. The zero-order valence-corrected chi connectivity index (χ0v) is 10.7. The fourth-order valence-electron chi connectivity index (χ4n) is 0.828. The smallest absolute Gasteiger partial charge is 0.0985 e. The van der Waals surface area contributed by atoms with Crippen LogP contribution in [-0.2, 0) is 0 Å². The van der Waals surface area contributed by atoms with Gasteiger partial charge in [0.2, 0.25) is 0 Å². The zero-order valence-electron chi connectivity index (χ0n) is 8.40. The van der Waals surface area contributed by atoms with Crippen molar-refractivity contribution in [3.05, 3.63) is 11.1 Å². The van der Waals surface area contributed by atoms with Gasteiger partial charge in [-0.1, -0.05) is 11.6 Å². The zero-order chi connectivity index (χ0) is 8.91. The minimum absolute atomic E-state index is 0. The number of hydrogen-bond donors (Lipinski definition) is 0. The Morgan fingerprint density at radius 3 is 2.00 bits per heavy atom. The van der Waals surface area contributed by atoms with Crippen molar-refractivity contribution in [2.45, 2.75) is 20.8 Å². The van der Waals surface area contributed by atoms with E-state index in [1.807, 2.05) is 6.92 Å². The van der Waals surface area contributed by atoms with Gasteiger partial charge in [0.15, 0.2) is 0 Å². The highest BCUT2D eigenvalue weighted by Gasteiger charge is 2.13. The van der Waals surface area contributed by atoms with Gasteiger partial charge in [0, 0.05) is 5.03 Å². The summed E-state index contributed by atoms with van der Waals surface area (Å²) in [5.41, 5.74) is 0. The van der Waals surface area contributed by atoms with Crippen LogP contribution in [-0.4, -0.2) is 31.2 Å². The standard InChI is InChI=1S/C9H19ClN.BrH/c1-5-11(4,6-2)8-7-9(3)10;/h7H,5-6,8H2,1-4H3;1H/q+1;/p-1/b9-7-;. The van der Waals surface area contributed by atoms with Crippen LogP contribution in [0.2, 0.25) is 0 Å². The van der Waals surface area contributed by atoms with Crippen molar-refractivity contribution < 1.29 is 21.5 Å². The molecule has 0 fully saturated rings. The maximum Gasteiger partial charge on any atom is 0.0985 e. The van der Waals surface area contributed by atoms with E-state index in [2.05, 4.69) is 27.0 Å². The van der Waals surface area contributed by atoms with E-state index in [0.717, 1.165) is 29.1 Å². The highest BCUT2D eigenvalue weighted by molar-refractivity contribution is 6.29.